The maximum absolute atomic E-state index is 2.48. The Kier molecular flexibility index (Phi) is 8.69. The number of aromatic nitrogens is 1. The molecule has 0 atom stereocenters. The lowest BCUT2D eigenvalue weighted by Crippen LogP contribution is -2.10. The van der Waals surface area contributed by atoms with Crippen LogP contribution in [-0.4, -0.2) is 4.57 Å². The zero-order valence-corrected chi connectivity index (χ0v) is 34.8. The van der Waals surface area contributed by atoms with Crippen molar-refractivity contribution in [2.75, 3.05) is 0 Å². The highest BCUT2D eigenvalue weighted by Gasteiger charge is 2.21. The first-order valence-corrected chi connectivity index (χ1v) is 20.9. The zero-order valence-electron chi connectivity index (χ0n) is 34.8. The number of rotatable bonds is 5. The van der Waals surface area contributed by atoms with Crippen molar-refractivity contribution >= 4 is 43.4 Å². The molecule has 286 valence electrons. The fourth-order valence-electron chi connectivity index (χ4n) is 9.12. The van der Waals surface area contributed by atoms with E-state index in [9.17, 15) is 0 Å². The second kappa shape index (κ2) is 14.0. The van der Waals surface area contributed by atoms with Gasteiger partial charge in [0.15, 0.2) is 0 Å². The van der Waals surface area contributed by atoms with Crippen LogP contribution in [0.5, 0.6) is 0 Å². The maximum Gasteiger partial charge on any atom is 0.0541 e. The van der Waals surface area contributed by atoms with Gasteiger partial charge in [-0.3, -0.25) is 0 Å². The van der Waals surface area contributed by atoms with Gasteiger partial charge < -0.3 is 4.57 Å². The van der Waals surface area contributed by atoms with Crippen LogP contribution in [0.25, 0.3) is 93.5 Å². The van der Waals surface area contributed by atoms with Gasteiger partial charge in [0.2, 0.25) is 0 Å². The zero-order chi connectivity index (χ0) is 40.5. The average Bonchev–Trinajstić information content (AvgIpc) is 3.58. The minimum absolute atomic E-state index is 0.103. The Bertz CT molecular complexity index is 3050. The highest BCUT2D eigenvalue weighted by atomic mass is 15.0. The first kappa shape index (κ1) is 36.6. The van der Waals surface area contributed by atoms with Crippen molar-refractivity contribution in [2.24, 2.45) is 0 Å². The summed E-state index contributed by atoms with van der Waals surface area (Å²) in [7, 11) is 0. The second-order valence-corrected chi connectivity index (χ2v) is 18.2. The van der Waals surface area contributed by atoms with Gasteiger partial charge in [-0.25, -0.2) is 0 Å². The Morgan fingerprint density at radius 3 is 1.12 bits per heavy atom. The first-order valence-electron chi connectivity index (χ1n) is 20.9. The first-order chi connectivity index (χ1) is 28.5. The van der Waals surface area contributed by atoms with E-state index in [4.69, 9.17) is 0 Å². The molecule has 0 saturated carbocycles. The van der Waals surface area contributed by atoms with E-state index in [1.807, 2.05) is 0 Å². The summed E-state index contributed by atoms with van der Waals surface area (Å²) in [4.78, 5) is 0. The smallest absolute Gasteiger partial charge is 0.0541 e. The van der Waals surface area contributed by atoms with Gasteiger partial charge in [-0.15, -0.1) is 0 Å². The monoisotopic (exact) mass is 759 g/mol. The van der Waals surface area contributed by atoms with Gasteiger partial charge in [0, 0.05) is 16.5 Å². The molecular formula is C58H49N. The van der Waals surface area contributed by atoms with Crippen LogP contribution < -0.4 is 0 Å². The molecule has 0 spiro atoms. The summed E-state index contributed by atoms with van der Waals surface area (Å²) in [6.45, 7) is 13.7. The second-order valence-electron chi connectivity index (χ2n) is 18.2. The fraction of sp³-hybridized carbons (Fsp3) is 0.138. The Balaban J connectivity index is 1.24. The largest absolute Gasteiger partial charge is 0.309 e. The molecule has 59 heavy (non-hydrogen) atoms. The van der Waals surface area contributed by atoms with Gasteiger partial charge >= 0.3 is 0 Å². The van der Waals surface area contributed by atoms with Crippen molar-refractivity contribution in [3.05, 3.63) is 199 Å². The van der Waals surface area contributed by atoms with Crippen molar-refractivity contribution in [3.8, 4) is 50.2 Å². The summed E-state index contributed by atoms with van der Waals surface area (Å²) < 4.78 is 2.48. The summed E-state index contributed by atoms with van der Waals surface area (Å²) in [6, 6.07) is 70.2. The fourth-order valence-corrected chi connectivity index (χ4v) is 9.12. The molecule has 0 radical (unpaired) electrons. The van der Waals surface area contributed by atoms with Crippen LogP contribution in [0.15, 0.2) is 188 Å². The average molecular weight is 760 g/mol. The Hall–Kier alpha value is -6.70. The Labute approximate surface area is 348 Å². The molecular weight excluding hydrogens is 711 g/mol. The normalized spacial score (nSPS) is 12.2. The van der Waals surface area contributed by atoms with Crippen LogP contribution in [0.1, 0.15) is 52.7 Å². The molecule has 1 nitrogen and oxygen atoms in total. The summed E-state index contributed by atoms with van der Waals surface area (Å²) in [6.07, 6.45) is 0. The lowest BCUT2D eigenvalue weighted by atomic mass is 9.86. The third-order valence-corrected chi connectivity index (χ3v) is 12.3. The molecule has 1 heteroatoms. The van der Waals surface area contributed by atoms with Crippen LogP contribution in [0, 0.1) is 0 Å². The summed E-state index contributed by atoms with van der Waals surface area (Å²) >= 11 is 0. The molecule has 0 fully saturated rings. The third-order valence-electron chi connectivity index (χ3n) is 12.3. The molecule has 10 aromatic rings. The van der Waals surface area contributed by atoms with E-state index in [2.05, 4.69) is 234 Å². The van der Waals surface area contributed by atoms with Gasteiger partial charge in [0.25, 0.3) is 0 Å². The topological polar surface area (TPSA) is 4.93 Å². The van der Waals surface area contributed by atoms with Gasteiger partial charge in [0.05, 0.1) is 11.0 Å². The van der Waals surface area contributed by atoms with Crippen LogP contribution >= 0.6 is 0 Å². The van der Waals surface area contributed by atoms with Gasteiger partial charge in [0.1, 0.15) is 0 Å². The lowest BCUT2D eigenvalue weighted by molar-refractivity contribution is 0.590. The van der Waals surface area contributed by atoms with Gasteiger partial charge in [-0.05, 0) is 124 Å². The lowest BCUT2D eigenvalue weighted by Gasteiger charge is -2.19. The quantitative estimate of drug-likeness (QED) is 0.154. The molecule has 0 aliphatic heterocycles. The minimum atomic E-state index is 0.103. The van der Waals surface area contributed by atoms with E-state index in [-0.39, 0.29) is 10.8 Å². The van der Waals surface area contributed by atoms with E-state index in [1.54, 1.807) is 0 Å². The Morgan fingerprint density at radius 2 is 0.678 bits per heavy atom. The summed E-state index contributed by atoms with van der Waals surface area (Å²) in [5, 5.41) is 7.51. The van der Waals surface area contributed by atoms with Crippen LogP contribution in [0.4, 0.5) is 0 Å². The molecule has 0 amide bonds. The van der Waals surface area contributed by atoms with E-state index in [0.29, 0.717) is 0 Å². The molecule has 0 saturated heterocycles. The SMILES string of the molecule is CC(C)(C)c1ccc(-c2ccc3c(c2)c2cc(-c4ccc(C(C)(C)C)cc4)ccc2n3-c2ccc3c(-c4ccccc4)c4ccccc4c(-c4ccccc4)c3c2)cc1. The highest BCUT2D eigenvalue weighted by Crippen LogP contribution is 2.45. The predicted molar refractivity (Wildman–Crippen MR) is 255 cm³/mol. The van der Waals surface area contributed by atoms with E-state index in [0.717, 1.165) is 5.69 Å². The predicted octanol–water partition coefficient (Wildman–Crippen LogP) is 16.4. The van der Waals surface area contributed by atoms with Gasteiger partial charge in [-0.2, -0.15) is 0 Å². The molecule has 0 aliphatic carbocycles. The van der Waals surface area contributed by atoms with Crippen LogP contribution in [0.3, 0.4) is 0 Å². The molecule has 0 aliphatic rings. The highest BCUT2D eigenvalue weighted by molar-refractivity contribution is 6.22. The molecule has 0 N–H and O–H groups in total. The number of hydrogen-bond donors (Lipinski definition) is 0. The molecule has 9 aromatic carbocycles. The van der Waals surface area contributed by atoms with E-state index >= 15 is 0 Å². The molecule has 1 aromatic heterocycles. The van der Waals surface area contributed by atoms with Gasteiger partial charge in [-0.1, -0.05) is 193 Å². The number of benzene rings is 9. The van der Waals surface area contributed by atoms with E-state index < -0.39 is 0 Å². The molecule has 0 unspecified atom stereocenters. The van der Waals surface area contributed by atoms with Crippen LogP contribution in [-0.2, 0) is 10.8 Å². The number of nitrogens with zero attached hydrogens (tertiary/aromatic N) is 1. The molecule has 10 rings (SSSR count). The van der Waals surface area contributed by atoms with Crippen LogP contribution in [0.2, 0.25) is 0 Å². The number of hydrogen-bond acceptors (Lipinski definition) is 0. The van der Waals surface area contributed by atoms with Crippen molar-refractivity contribution < 1.29 is 0 Å². The minimum Gasteiger partial charge on any atom is -0.309 e. The van der Waals surface area contributed by atoms with Crippen molar-refractivity contribution in [1.29, 1.82) is 0 Å². The van der Waals surface area contributed by atoms with Crippen molar-refractivity contribution in [1.82, 2.24) is 4.57 Å². The standard InChI is InChI=1S/C58H49N/c1-57(2,3)44-27-21-38(22-28-44)42-25-33-53-50(35-42)51-36-43(39-23-29-45(30-24-39)58(4,5)6)26-34-54(51)59(53)46-31-32-49-52(37-46)56(41-17-11-8-12-18-41)48-20-14-13-19-47(48)55(49)40-15-9-7-10-16-40/h7-37H,1-6H3. The van der Waals surface area contributed by atoms with Crippen molar-refractivity contribution in [2.45, 2.75) is 52.4 Å². The molecule has 1 heterocycles. The number of fused-ring (bicyclic) bond motifs is 5. The molecule has 0 bridgehead atoms. The maximum atomic E-state index is 2.48. The van der Waals surface area contributed by atoms with Crippen molar-refractivity contribution in [3.63, 3.8) is 0 Å². The summed E-state index contributed by atoms with van der Waals surface area (Å²) in [5.41, 5.74) is 16.3. The van der Waals surface area contributed by atoms with E-state index in [1.165, 1.54) is 99.0 Å². The summed E-state index contributed by atoms with van der Waals surface area (Å²) in [5.74, 6) is 0. The Morgan fingerprint density at radius 1 is 0.288 bits per heavy atom. The third kappa shape index (κ3) is 6.43.